The van der Waals surface area contributed by atoms with Crippen molar-refractivity contribution in [3.05, 3.63) is 42.5 Å². The van der Waals surface area contributed by atoms with Crippen LogP contribution < -0.4 is 20.1 Å². The third-order valence-electron chi connectivity index (χ3n) is 4.04. The highest BCUT2D eigenvalue weighted by molar-refractivity contribution is 5.99. The van der Waals surface area contributed by atoms with Gasteiger partial charge in [-0.1, -0.05) is 0 Å². The van der Waals surface area contributed by atoms with E-state index in [1.807, 2.05) is 0 Å². The molecule has 0 fully saturated rings. The van der Waals surface area contributed by atoms with Crippen molar-refractivity contribution in [2.75, 3.05) is 63.5 Å². The van der Waals surface area contributed by atoms with Gasteiger partial charge in [0.25, 0.3) is 0 Å². The van der Waals surface area contributed by atoms with E-state index in [1.54, 1.807) is 30.3 Å². The van der Waals surface area contributed by atoms with Crippen molar-refractivity contribution in [1.82, 2.24) is 0 Å². The fraction of sp³-hybridized carbons (Fsp3) is 0.381. The first-order valence-corrected chi connectivity index (χ1v) is 9.70. The van der Waals surface area contributed by atoms with E-state index in [-0.39, 0.29) is 5.75 Å². The quantitative estimate of drug-likeness (QED) is 0.644. The van der Waals surface area contributed by atoms with Crippen LogP contribution in [0.2, 0.25) is 0 Å². The molecule has 9 nitrogen and oxygen atoms in total. The van der Waals surface area contributed by atoms with Gasteiger partial charge in [-0.2, -0.15) is 0 Å². The maximum Gasteiger partial charge on any atom is 0.323 e. The van der Waals surface area contributed by atoms with Crippen LogP contribution in [0.15, 0.2) is 42.5 Å². The fourth-order valence-electron chi connectivity index (χ4n) is 2.62. The van der Waals surface area contributed by atoms with Crippen LogP contribution in [-0.2, 0) is 14.2 Å². The zero-order chi connectivity index (χ0) is 21.0. The Balaban J connectivity index is 1.61. The zero-order valence-electron chi connectivity index (χ0n) is 16.6. The fourth-order valence-corrected chi connectivity index (χ4v) is 2.62. The number of ether oxygens (including phenoxy) is 5. The lowest BCUT2D eigenvalue weighted by atomic mass is 10.2. The first kappa shape index (κ1) is 21.7. The Bertz CT molecular complexity index is 798. The number of phenolic OH excluding ortho intramolecular Hbond substituents is 1. The van der Waals surface area contributed by atoms with Crippen molar-refractivity contribution < 1.29 is 33.6 Å². The van der Waals surface area contributed by atoms with Gasteiger partial charge < -0.3 is 39.4 Å². The molecule has 0 aliphatic carbocycles. The van der Waals surface area contributed by atoms with Crippen molar-refractivity contribution in [2.45, 2.75) is 0 Å². The van der Waals surface area contributed by atoms with Crippen molar-refractivity contribution >= 4 is 17.4 Å². The molecule has 9 heteroatoms. The summed E-state index contributed by atoms with van der Waals surface area (Å²) in [5.74, 6) is 1.17. The van der Waals surface area contributed by atoms with Gasteiger partial charge in [0.2, 0.25) is 0 Å². The number of amides is 2. The number of rotatable bonds is 2. The highest BCUT2D eigenvalue weighted by atomic mass is 16.6. The first-order valence-electron chi connectivity index (χ1n) is 9.70. The first-order chi connectivity index (χ1) is 14.7. The van der Waals surface area contributed by atoms with Crippen LogP contribution in [0, 0.1) is 0 Å². The average molecular weight is 418 g/mol. The molecule has 3 rings (SSSR count). The minimum atomic E-state index is -0.421. The number of fused-ring (bicyclic) bond motifs is 1. The Morgan fingerprint density at radius 2 is 1.17 bits per heavy atom. The van der Waals surface area contributed by atoms with E-state index in [0.29, 0.717) is 75.7 Å². The van der Waals surface area contributed by atoms with Crippen molar-refractivity contribution in [1.29, 1.82) is 0 Å². The lowest BCUT2D eigenvalue weighted by molar-refractivity contribution is 0.00708. The standard InChI is InChI=1S/C21H26N2O7/c24-18-4-1-16(2-5-18)22-21(25)23-17-3-6-19-20(15-17)30-14-12-28-10-8-26-7-9-27-11-13-29-19/h1-6,15,24H,7-14H2,(H2,22,23,25). The van der Waals surface area contributed by atoms with Crippen LogP contribution in [0.1, 0.15) is 0 Å². The summed E-state index contributed by atoms with van der Waals surface area (Å²) in [5, 5.41) is 14.8. The van der Waals surface area contributed by atoms with Gasteiger partial charge in [0.15, 0.2) is 11.5 Å². The molecule has 2 aromatic carbocycles. The van der Waals surface area contributed by atoms with Gasteiger partial charge in [-0.3, -0.25) is 0 Å². The van der Waals surface area contributed by atoms with Gasteiger partial charge >= 0.3 is 6.03 Å². The van der Waals surface area contributed by atoms with E-state index in [0.717, 1.165) is 0 Å². The lowest BCUT2D eigenvalue weighted by Gasteiger charge is -2.15. The molecule has 0 unspecified atom stereocenters. The summed E-state index contributed by atoms with van der Waals surface area (Å²) >= 11 is 0. The summed E-state index contributed by atoms with van der Waals surface area (Å²) in [4.78, 5) is 12.2. The van der Waals surface area contributed by atoms with Crippen LogP contribution in [0.25, 0.3) is 0 Å². The highest BCUT2D eigenvalue weighted by Gasteiger charge is 2.10. The van der Waals surface area contributed by atoms with E-state index in [1.165, 1.54) is 12.1 Å². The molecule has 1 aliphatic rings. The normalized spacial score (nSPS) is 16.0. The molecule has 0 aromatic heterocycles. The summed E-state index contributed by atoms with van der Waals surface area (Å²) in [6.45, 7) is 3.50. The maximum atomic E-state index is 12.2. The summed E-state index contributed by atoms with van der Waals surface area (Å²) < 4.78 is 27.8. The molecule has 2 amide bonds. The van der Waals surface area contributed by atoms with Gasteiger partial charge in [-0.25, -0.2) is 4.79 Å². The molecule has 0 bridgehead atoms. The van der Waals surface area contributed by atoms with Crippen LogP contribution in [-0.4, -0.2) is 64.0 Å². The Morgan fingerprint density at radius 3 is 1.80 bits per heavy atom. The van der Waals surface area contributed by atoms with Gasteiger partial charge in [-0.15, -0.1) is 0 Å². The second-order valence-corrected chi connectivity index (χ2v) is 6.32. The molecule has 1 heterocycles. The van der Waals surface area contributed by atoms with E-state index in [9.17, 15) is 9.90 Å². The number of hydrogen-bond acceptors (Lipinski definition) is 7. The van der Waals surface area contributed by atoms with Crippen LogP contribution in [0.5, 0.6) is 17.2 Å². The molecule has 162 valence electrons. The van der Waals surface area contributed by atoms with Gasteiger partial charge in [0, 0.05) is 17.4 Å². The van der Waals surface area contributed by atoms with Crippen molar-refractivity contribution in [3.63, 3.8) is 0 Å². The molecular formula is C21H26N2O7. The molecule has 2 aromatic rings. The Labute approximate surface area is 174 Å². The number of hydrogen-bond donors (Lipinski definition) is 3. The SMILES string of the molecule is O=C(Nc1ccc(O)cc1)Nc1ccc2c(c1)OCCOCCOCCOCCO2. The number of carbonyl (C=O) groups excluding carboxylic acids is 1. The second-order valence-electron chi connectivity index (χ2n) is 6.32. The van der Waals surface area contributed by atoms with Gasteiger partial charge in [0.05, 0.1) is 39.6 Å². The summed E-state index contributed by atoms with van der Waals surface area (Å²) in [6, 6.07) is 10.9. The zero-order valence-corrected chi connectivity index (χ0v) is 16.6. The summed E-state index contributed by atoms with van der Waals surface area (Å²) in [5.41, 5.74) is 1.09. The van der Waals surface area contributed by atoms with E-state index in [4.69, 9.17) is 23.7 Å². The highest BCUT2D eigenvalue weighted by Crippen LogP contribution is 2.30. The molecule has 30 heavy (non-hydrogen) atoms. The predicted octanol–water partition coefficient (Wildman–Crippen LogP) is 2.86. The maximum absolute atomic E-state index is 12.2. The number of benzene rings is 2. The minimum absolute atomic E-state index is 0.127. The van der Waals surface area contributed by atoms with Crippen LogP contribution in [0.3, 0.4) is 0 Å². The number of urea groups is 1. The number of nitrogens with one attached hydrogen (secondary N) is 2. The molecule has 3 N–H and O–H groups in total. The van der Waals surface area contributed by atoms with Crippen LogP contribution in [0.4, 0.5) is 16.2 Å². The largest absolute Gasteiger partial charge is 0.508 e. The van der Waals surface area contributed by atoms with Crippen LogP contribution >= 0.6 is 0 Å². The Hall–Kier alpha value is -3.01. The Kier molecular flexibility index (Phi) is 8.58. The minimum Gasteiger partial charge on any atom is -0.508 e. The van der Waals surface area contributed by atoms with Crippen molar-refractivity contribution in [3.8, 4) is 17.2 Å². The second kappa shape index (κ2) is 11.9. The molecule has 0 radical (unpaired) electrons. The van der Waals surface area contributed by atoms with E-state index >= 15 is 0 Å². The van der Waals surface area contributed by atoms with Gasteiger partial charge in [-0.05, 0) is 36.4 Å². The number of phenols is 1. The average Bonchev–Trinajstić information content (AvgIpc) is 2.74. The lowest BCUT2D eigenvalue weighted by Crippen LogP contribution is -2.19. The van der Waals surface area contributed by atoms with Gasteiger partial charge in [0.1, 0.15) is 19.0 Å². The monoisotopic (exact) mass is 418 g/mol. The molecule has 1 aliphatic heterocycles. The molecular weight excluding hydrogens is 392 g/mol. The topological polar surface area (TPSA) is 108 Å². The third-order valence-corrected chi connectivity index (χ3v) is 4.04. The predicted molar refractivity (Wildman–Crippen MR) is 111 cm³/mol. The van der Waals surface area contributed by atoms with Crippen molar-refractivity contribution in [2.24, 2.45) is 0 Å². The molecule has 0 saturated heterocycles. The number of anilines is 2. The summed E-state index contributed by atoms with van der Waals surface area (Å²) in [7, 11) is 0. The Morgan fingerprint density at radius 1 is 0.667 bits per heavy atom. The smallest absolute Gasteiger partial charge is 0.323 e. The summed E-state index contributed by atoms with van der Waals surface area (Å²) in [6.07, 6.45) is 0. The number of aromatic hydroxyl groups is 1. The van der Waals surface area contributed by atoms with E-state index in [2.05, 4.69) is 10.6 Å². The number of carbonyl (C=O) groups is 1. The molecule has 0 spiro atoms. The third kappa shape index (κ3) is 7.43. The molecule has 0 atom stereocenters. The van der Waals surface area contributed by atoms with E-state index < -0.39 is 6.03 Å². The molecule has 0 saturated carbocycles.